The molecule has 21 heavy (non-hydrogen) atoms. The van der Waals surface area contributed by atoms with Crippen LogP contribution in [0.4, 0.5) is 0 Å². The quantitative estimate of drug-likeness (QED) is 0.789. The summed E-state index contributed by atoms with van der Waals surface area (Å²) in [6.07, 6.45) is 6.91. The number of nitrogens with zero attached hydrogens (tertiary/aromatic N) is 2. The van der Waals surface area contributed by atoms with E-state index in [2.05, 4.69) is 11.6 Å². The van der Waals surface area contributed by atoms with Gasteiger partial charge in [-0.05, 0) is 0 Å². The molecular weight excluding hydrogens is 308 g/mol. The zero-order valence-corrected chi connectivity index (χ0v) is 14.2. The first-order chi connectivity index (χ1) is 9.72. The summed E-state index contributed by atoms with van der Waals surface area (Å²) in [5.41, 5.74) is 0. The number of rotatable bonds is 5. The first-order valence-electron chi connectivity index (χ1n) is 6.03. The molecule has 2 aromatic rings. The Morgan fingerprint density at radius 2 is 1.67 bits per heavy atom. The van der Waals surface area contributed by atoms with E-state index in [0.29, 0.717) is 0 Å². The van der Waals surface area contributed by atoms with Gasteiger partial charge in [-0.2, -0.15) is 0 Å². The van der Waals surface area contributed by atoms with Gasteiger partial charge < -0.3 is 17.8 Å². The standard InChI is InChI=1S/C9H14O3Si.C5H6N2.ClH/c1-10-13(11-2,12-3)9-7-5-4-6-8-9;1-2-7-4-3-6-5-7;/h4-8H,1-3H3;2-5H,1H2;1H. The molecule has 1 aromatic heterocycles. The van der Waals surface area contributed by atoms with Crippen molar-refractivity contribution in [3.8, 4) is 0 Å². The van der Waals surface area contributed by atoms with Crippen LogP contribution < -0.4 is 5.19 Å². The SMILES string of the molecule is C=Cn1ccnc1.CO[Si](OC)(OC)c1ccccc1.Cl. The molecule has 0 atom stereocenters. The Hall–Kier alpha value is -1.44. The third kappa shape index (κ3) is 5.45. The van der Waals surface area contributed by atoms with E-state index < -0.39 is 8.80 Å². The molecule has 0 aliphatic rings. The van der Waals surface area contributed by atoms with Gasteiger partial charge >= 0.3 is 8.80 Å². The van der Waals surface area contributed by atoms with Gasteiger partial charge in [0.15, 0.2) is 0 Å². The fourth-order valence-electron chi connectivity index (χ4n) is 1.62. The third-order valence-electron chi connectivity index (χ3n) is 2.67. The summed E-state index contributed by atoms with van der Waals surface area (Å²) >= 11 is 0. The van der Waals surface area contributed by atoms with Crippen LogP contribution in [0.3, 0.4) is 0 Å². The predicted molar refractivity (Wildman–Crippen MR) is 88.7 cm³/mol. The maximum atomic E-state index is 5.32. The Morgan fingerprint density at radius 3 is 2.00 bits per heavy atom. The molecule has 0 N–H and O–H groups in total. The van der Waals surface area contributed by atoms with Crippen LogP contribution in [0, 0.1) is 0 Å². The van der Waals surface area contributed by atoms with Crippen molar-refractivity contribution >= 4 is 32.6 Å². The summed E-state index contributed by atoms with van der Waals surface area (Å²) in [5.74, 6) is 0. The molecule has 1 heterocycles. The molecule has 0 unspecified atom stereocenters. The van der Waals surface area contributed by atoms with Crippen LogP contribution in [0.25, 0.3) is 6.20 Å². The van der Waals surface area contributed by atoms with Gasteiger partial charge in [-0.15, -0.1) is 12.4 Å². The lowest BCUT2D eigenvalue weighted by molar-refractivity contribution is 0.140. The molecular formula is C14H21ClN2O3Si. The molecule has 0 spiro atoms. The molecule has 0 aliphatic heterocycles. The minimum Gasteiger partial charge on any atom is -0.373 e. The monoisotopic (exact) mass is 328 g/mol. The van der Waals surface area contributed by atoms with Gasteiger partial charge in [0.2, 0.25) is 0 Å². The van der Waals surface area contributed by atoms with E-state index in [-0.39, 0.29) is 12.4 Å². The van der Waals surface area contributed by atoms with Gasteiger partial charge in [0.05, 0.1) is 6.33 Å². The van der Waals surface area contributed by atoms with Crippen LogP contribution >= 0.6 is 12.4 Å². The number of halogens is 1. The van der Waals surface area contributed by atoms with Gasteiger partial charge in [0, 0.05) is 45.1 Å². The van der Waals surface area contributed by atoms with Gasteiger partial charge in [-0.3, -0.25) is 0 Å². The van der Waals surface area contributed by atoms with Crippen LogP contribution in [-0.2, 0) is 13.3 Å². The minimum absolute atomic E-state index is 0. The molecule has 7 heteroatoms. The van der Waals surface area contributed by atoms with E-state index in [9.17, 15) is 0 Å². The first-order valence-corrected chi connectivity index (χ1v) is 7.76. The predicted octanol–water partition coefficient (Wildman–Crippen LogP) is 2.18. The van der Waals surface area contributed by atoms with Crippen molar-refractivity contribution in [1.29, 1.82) is 0 Å². The van der Waals surface area contributed by atoms with E-state index in [1.54, 1.807) is 44.6 Å². The molecule has 1 aromatic carbocycles. The van der Waals surface area contributed by atoms with Crippen molar-refractivity contribution in [3.05, 3.63) is 55.6 Å². The average molecular weight is 329 g/mol. The van der Waals surface area contributed by atoms with Crippen LogP contribution in [0.15, 0.2) is 55.6 Å². The summed E-state index contributed by atoms with van der Waals surface area (Å²) in [4.78, 5) is 3.78. The van der Waals surface area contributed by atoms with Crippen molar-refractivity contribution in [1.82, 2.24) is 9.55 Å². The number of hydrogen-bond acceptors (Lipinski definition) is 4. The lowest BCUT2D eigenvalue weighted by Gasteiger charge is -2.24. The largest absolute Gasteiger partial charge is 0.536 e. The Morgan fingerprint density at radius 1 is 1.10 bits per heavy atom. The summed E-state index contributed by atoms with van der Waals surface area (Å²) in [6.45, 7) is 3.53. The molecule has 0 amide bonds. The van der Waals surface area contributed by atoms with E-state index in [1.807, 2.05) is 36.5 Å². The van der Waals surface area contributed by atoms with E-state index in [4.69, 9.17) is 13.3 Å². The lowest BCUT2D eigenvalue weighted by Crippen LogP contribution is -2.54. The summed E-state index contributed by atoms with van der Waals surface area (Å²) in [5, 5.41) is 0.975. The Kier molecular flexibility index (Phi) is 9.60. The van der Waals surface area contributed by atoms with Crippen LogP contribution in [-0.4, -0.2) is 39.7 Å². The van der Waals surface area contributed by atoms with Gasteiger partial charge in [0.25, 0.3) is 0 Å². The van der Waals surface area contributed by atoms with Crippen molar-refractivity contribution in [2.45, 2.75) is 0 Å². The van der Waals surface area contributed by atoms with Crippen molar-refractivity contribution in [3.63, 3.8) is 0 Å². The maximum absolute atomic E-state index is 5.32. The lowest BCUT2D eigenvalue weighted by atomic mass is 10.4. The normalized spacial score (nSPS) is 10.0. The molecule has 0 bridgehead atoms. The molecule has 0 radical (unpaired) electrons. The second-order valence-electron chi connectivity index (χ2n) is 3.73. The van der Waals surface area contributed by atoms with Gasteiger partial charge in [-0.25, -0.2) is 4.98 Å². The number of aromatic nitrogens is 2. The smallest absolute Gasteiger partial charge is 0.373 e. The van der Waals surface area contributed by atoms with Crippen molar-refractivity contribution in [2.75, 3.05) is 21.3 Å². The van der Waals surface area contributed by atoms with Crippen molar-refractivity contribution < 1.29 is 13.3 Å². The Balaban J connectivity index is 0.000000425. The van der Waals surface area contributed by atoms with Crippen LogP contribution in [0.1, 0.15) is 0 Å². The third-order valence-corrected chi connectivity index (χ3v) is 5.32. The highest BCUT2D eigenvalue weighted by Gasteiger charge is 2.40. The zero-order chi connectivity index (χ0) is 14.8. The molecule has 0 saturated heterocycles. The molecule has 5 nitrogen and oxygen atoms in total. The summed E-state index contributed by atoms with van der Waals surface area (Å²) in [7, 11) is 2.22. The van der Waals surface area contributed by atoms with E-state index in [0.717, 1.165) is 5.19 Å². The average Bonchev–Trinajstić information content (AvgIpc) is 3.05. The number of imidazole rings is 1. The molecule has 116 valence electrons. The van der Waals surface area contributed by atoms with Gasteiger partial charge in [-0.1, -0.05) is 36.9 Å². The topological polar surface area (TPSA) is 45.5 Å². The molecule has 0 aliphatic carbocycles. The zero-order valence-electron chi connectivity index (χ0n) is 12.4. The highest BCUT2D eigenvalue weighted by atomic mass is 35.5. The highest BCUT2D eigenvalue weighted by Crippen LogP contribution is 2.05. The van der Waals surface area contributed by atoms with Crippen molar-refractivity contribution in [2.24, 2.45) is 0 Å². The summed E-state index contributed by atoms with van der Waals surface area (Å²) in [6, 6.07) is 9.72. The molecule has 0 fully saturated rings. The number of benzene rings is 1. The second-order valence-corrected chi connectivity index (χ2v) is 6.64. The Bertz CT molecular complexity index is 482. The molecule has 2 rings (SSSR count). The second kappa shape index (κ2) is 10.3. The minimum atomic E-state index is -2.59. The van der Waals surface area contributed by atoms with Crippen LogP contribution in [0.5, 0.6) is 0 Å². The van der Waals surface area contributed by atoms with E-state index in [1.165, 1.54) is 0 Å². The fraction of sp³-hybridized carbons (Fsp3) is 0.214. The first kappa shape index (κ1) is 19.6. The van der Waals surface area contributed by atoms with Gasteiger partial charge in [0.1, 0.15) is 0 Å². The van der Waals surface area contributed by atoms with Crippen LogP contribution in [0.2, 0.25) is 0 Å². The van der Waals surface area contributed by atoms with E-state index >= 15 is 0 Å². The maximum Gasteiger partial charge on any atom is 0.536 e. The Labute approximate surface area is 133 Å². The molecule has 0 saturated carbocycles. The summed E-state index contributed by atoms with van der Waals surface area (Å²) < 4.78 is 17.7. The fourth-order valence-corrected chi connectivity index (χ4v) is 3.43. The highest BCUT2D eigenvalue weighted by molar-refractivity contribution is 6.75. The number of hydrogen-bond donors (Lipinski definition) is 0.